The maximum atomic E-state index is 11.9. The second kappa shape index (κ2) is 5.82. The zero-order valence-electron chi connectivity index (χ0n) is 10.2. The smallest absolute Gasteiger partial charge is 0.212 e. The van der Waals surface area contributed by atoms with Gasteiger partial charge < -0.3 is 5.11 Å². The van der Waals surface area contributed by atoms with Gasteiger partial charge in [0.2, 0.25) is 10.0 Å². The zero-order chi connectivity index (χ0) is 13.0. The SMILES string of the molecule is O=S(=O)(CCc1ccccc1)NC1CCCC1O. The van der Waals surface area contributed by atoms with E-state index >= 15 is 0 Å². The largest absolute Gasteiger partial charge is 0.391 e. The number of benzene rings is 1. The van der Waals surface area contributed by atoms with Crippen LogP contribution < -0.4 is 4.72 Å². The number of nitrogens with one attached hydrogen (secondary N) is 1. The molecule has 0 spiro atoms. The Hall–Kier alpha value is -0.910. The van der Waals surface area contributed by atoms with Crippen molar-refractivity contribution in [1.29, 1.82) is 0 Å². The van der Waals surface area contributed by atoms with Crippen LogP contribution in [0.4, 0.5) is 0 Å². The molecule has 0 aromatic heterocycles. The van der Waals surface area contributed by atoms with E-state index in [1.165, 1.54) is 0 Å². The summed E-state index contributed by atoms with van der Waals surface area (Å²) >= 11 is 0. The Kier molecular flexibility index (Phi) is 4.37. The van der Waals surface area contributed by atoms with Crippen LogP contribution in [-0.2, 0) is 16.4 Å². The first kappa shape index (κ1) is 13.5. The van der Waals surface area contributed by atoms with E-state index in [1.807, 2.05) is 30.3 Å². The average molecular weight is 269 g/mol. The van der Waals surface area contributed by atoms with Gasteiger partial charge in [-0.2, -0.15) is 0 Å². The fourth-order valence-corrected chi connectivity index (χ4v) is 3.62. The maximum Gasteiger partial charge on any atom is 0.212 e. The van der Waals surface area contributed by atoms with Gasteiger partial charge in [-0.1, -0.05) is 30.3 Å². The van der Waals surface area contributed by atoms with Crippen LogP contribution in [0.1, 0.15) is 24.8 Å². The summed E-state index contributed by atoms with van der Waals surface area (Å²) in [5.41, 5.74) is 1.01. The lowest BCUT2D eigenvalue weighted by Gasteiger charge is -2.16. The Labute approximate surface area is 108 Å². The minimum atomic E-state index is -3.31. The second-order valence-electron chi connectivity index (χ2n) is 4.78. The van der Waals surface area contributed by atoms with E-state index in [2.05, 4.69) is 4.72 Å². The highest BCUT2D eigenvalue weighted by Crippen LogP contribution is 2.19. The number of rotatable bonds is 5. The number of aliphatic hydroxyl groups excluding tert-OH is 1. The van der Waals surface area contributed by atoms with Crippen LogP contribution in [0.3, 0.4) is 0 Å². The molecule has 0 radical (unpaired) electrons. The molecule has 0 saturated heterocycles. The van der Waals surface area contributed by atoms with Crippen LogP contribution in [0, 0.1) is 0 Å². The molecule has 2 unspecified atom stereocenters. The van der Waals surface area contributed by atoms with Gasteiger partial charge in [0.15, 0.2) is 0 Å². The van der Waals surface area contributed by atoms with E-state index in [1.54, 1.807) is 0 Å². The number of hydrogen-bond donors (Lipinski definition) is 2. The molecule has 2 atom stereocenters. The normalized spacial score (nSPS) is 24.3. The van der Waals surface area contributed by atoms with E-state index in [0.717, 1.165) is 18.4 Å². The van der Waals surface area contributed by atoms with Gasteiger partial charge in [-0.15, -0.1) is 0 Å². The van der Waals surface area contributed by atoms with E-state index in [-0.39, 0.29) is 11.8 Å². The van der Waals surface area contributed by atoms with E-state index in [4.69, 9.17) is 0 Å². The second-order valence-corrected chi connectivity index (χ2v) is 6.65. The van der Waals surface area contributed by atoms with Gasteiger partial charge in [-0.25, -0.2) is 13.1 Å². The number of sulfonamides is 1. The van der Waals surface area contributed by atoms with Gasteiger partial charge >= 0.3 is 0 Å². The van der Waals surface area contributed by atoms with Crippen molar-refractivity contribution in [2.75, 3.05) is 5.75 Å². The third kappa shape index (κ3) is 3.80. The summed E-state index contributed by atoms with van der Waals surface area (Å²) < 4.78 is 26.4. The molecule has 1 aromatic rings. The van der Waals surface area contributed by atoms with Crippen LogP contribution in [0.25, 0.3) is 0 Å². The Bertz CT molecular complexity index is 472. The molecular weight excluding hydrogens is 250 g/mol. The predicted octanol–water partition coefficient (Wildman–Crippen LogP) is 1.06. The summed E-state index contributed by atoms with van der Waals surface area (Å²) in [7, 11) is -3.31. The monoisotopic (exact) mass is 269 g/mol. The van der Waals surface area contributed by atoms with Crippen molar-refractivity contribution in [3.05, 3.63) is 35.9 Å². The molecule has 1 aliphatic rings. The summed E-state index contributed by atoms with van der Waals surface area (Å²) in [5, 5.41) is 9.61. The Balaban J connectivity index is 1.88. The van der Waals surface area contributed by atoms with Crippen molar-refractivity contribution in [2.45, 2.75) is 37.8 Å². The van der Waals surface area contributed by atoms with Crippen LogP contribution in [-0.4, -0.2) is 31.4 Å². The van der Waals surface area contributed by atoms with Gasteiger partial charge in [0, 0.05) is 6.04 Å². The predicted molar refractivity (Wildman–Crippen MR) is 70.7 cm³/mol. The highest BCUT2D eigenvalue weighted by Gasteiger charge is 2.28. The topological polar surface area (TPSA) is 66.4 Å². The van der Waals surface area contributed by atoms with Crippen LogP contribution >= 0.6 is 0 Å². The first-order valence-corrected chi connectivity index (χ1v) is 7.94. The Morgan fingerprint density at radius 1 is 1.22 bits per heavy atom. The van der Waals surface area contributed by atoms with Gasteiger partial charge in [0.1, 0.15) is 0 Å². The molecule has 1 saturated carbocycles. The fraction of sp³-hybridized carbons (Fsp3) is 0.538. The summed E-state index contributed by atoms with van der Waals surface area (Å²) in [4.78, 5) is 0. The van der Waals surface area contributed by atoms with Crippen molar-refractivity contribution < 1.29 is 13.5 Å². The molecule has 0 heterocycles. The minimum absolute atomic E-state index is 0.0697. The van der Waals surface area contributed by atoms with Crippen LogP contribution in [0.2, 0.25) is 0 Å². The standard InChI is InChI=1S/C13H19NO3S/c15-13-8-4-7-12(13)14-18(16,17)10-9-11-5-2-1-3-6-11/h1-3,5-6,12-15H,4,7-10H2. The first-order valence-electron chi connectivity index (χ1n) is 6.29. The molecule has 2 rings (SSSR count). The lowest BCUT2D eigenvalue weighted by molar-refractivity contribution is 0.159. The quantitative estimate of drug-likeness (QED) is 0.840. The Morgan fingerprint density at radius 2 is 1.94 bits per heavy atom. The Morgan fingerprint density at radius 3 is 2.56 bits per heavy atom. The molecule has 100 valence electrons. The van der Waals surface area contributed by atoms with Gasteiger partial charge in [0.25, 0.3) is 0 Å². The molecular formula is C13H19NO3S. The average Bonchev–Trinajstić information content (AvgIpc) is 2.73. The third-order valence-corrected chi connectivity index (χ3v) is 4.72. The zero-order valence-corrected chi connectivity index (χ0v) is 11.1. The number of aliphatic hydroxyl groups is 1. The molecule has 0 bridgehead atoms. The molecule has 5 heteroatoms. The molecule has 1 aromatic carbocycles. The molecule has 18 heavy (non-hydrogen) atoms. The number of aryl methyl sites for hydroxylation is 1. The molecule has 4 nitrogen and oxygen atoms in total. The molecule has 1 fully saturated rings. The van der Waals surface area contributed by atoms with Crippen molar-refractivity contribution in [1.82, 2.24) is 4.72 Å². The van der Waals surface area contributed by atoms with Crippen molar-refractivity contribution in [3.8, 4) is 0 Å². The minimum Gasteiger partial charge on any atom is -0.391 e. The van der Waals surface area contributed by atoms with Crippen LogP contribution in [0.15, 0.2) is 30.3 Å². The molecule has 0 amide bonds. The van der Waals surface area contributed by atoms with E-state index in [9.17, 15) is 13.5 Å². The molecule has 0 aliphatic heterocycles. The summed E-state index contributed by atoms with van der Waals surface area (Å²) in [6, 6.07) is 9.24. The van der Waals surface area contributed by atoms with Crippen LogP contribution in [0.5, 0.6) is 0 Å². The van der Waals surface area contributed by atoms with Crippen molar-refractivity contribution in [2.24, 2.45) is 0 Å². The van der Waals surface area contributed by atoms with Gasteiger partial charge in [-0.3, -0.25) is 0 Å². The summed E-state index contributed by atoms with van der Waals surface area (Å²) in [5.74, 6) is 0.0697. The summed E-state index contributed by atoms with van der Waals surface area (Å²) in [6.45, 7) is 0. The molecule has 2 N–H and O–H groups in total. The number of hydrogen-bond acceptors (Lipinski definition) is 3. The van der Waals surface area contributed by atoms with E-state index in [0.29, 0.717) is 12.8 Å². The van der Waals surface area contributed by atoms with Crippen molar-refractivity contribution >= 4 is 10.0 Å². The van der Waals surface area contributed by atoms with Gasteiger partial charge in [0.05, 0.1) is 11.9 Å². The molecule has 1 aliphatic carbocycles. The lowest BCUT2D eigenvalue weighted by atomic mass is 10.2. The summed E-state index contributed by atoms with van der Waals surface area (Å²) in [6.07, 6.45) is 2.26. The highest BCUT2D eigenvalue weighted by atomic mass is 32.2. The van der Waals surface area contributed by atoms with Crippen molar-refractivity contribution in [3.63, 3.8) is 0 Å². The van der Waals surface area contributed by atoms with E-state index < -0.39 is 16.1 Å². The highest BCUT2D eigenvalue weighted by molar-refractivity contribution is 7.89. The lowest BCUT2D eigenvalue weighted by Crippen LogP contribution is -2.41. The fourth-order valence-electron chi connectivity index (χ4n) is 2.26. The maximum absolute atomic E-state index is 11.9. The first-order chi connectivity index (χ1) is 8.57. The third-order valence-electron chi connectivity index (χ3n) is 3.31. The van der Waals surface area contributed by atoms with Gasteiger partial charge in [-0.05, 0) is 31.2 Å².